The molecule has 3 nitrogen and oxygen atoms in total. The quantitative estimate of drug-likeness (QED) is 0.778. The number of carbonyl (C=O) groups excluding carboxylic acids is 1. The molecule has 3 rings (SSSR count). The topological polar surface area (TPSA) is 23.6 Å². The number of hydrogen-bond acceptors (Lipinski definition) is 2. The SMILES string of the molecule is CN(C(=O)c1cc(Br)ccc1F)C1CCCN(c2ccccc2)C1. The van der Waals surface area contributed by atoms with Crippen molar-refractivity contribution in [2.75, 3.05) is 25.0 Å². The van der Waals surface area contributed by atoms with E-state index in [1.54, 1.807) is 24.1 Å². The summed E-state index contributed by atoms with van der Waals surface area (Å²) < 4.78 is 14.7. The van der Waals surface area contributed by atoms with Crippen LogP contribution in [-0.4, -0.2) is 37.0 Å². The summed E-state index contributed by atoms with van der Waals surface area (Å²) >= 11 is 3.30. The fourth-order valence-corrected chi connectivity index (χ4v) is 3.52. The Morgan fingerprint density at radius 2 is 2.00 bits per heavy atom. The van der Waals surface area contributed by atoms with Crippen molar-refractivity contribution in [1.82, 2.24) is 4.90 Å². The van der Waals surface area contributed by atoms with Crippen molar-refractivity contribution in [2.45, 2.75) is 18.9 Å². The molecule has 0 bridgehead atoms. The Bertz CT molecular complexity index is 723. The molecule has 1 heterocycles. The van der Waals surface area contributed by atoms with Gasteiger partial charge in [0.2, 0.25) is 0 Å². The van der Waals surface area contributed by atoms with E-state index >= 15 is 0 Å². The molecule has 1 saturated heterocycles. The molecule has 0 spiro atoms. The van der Waals surface area contributed by atoms with Gasteiger partial charge in [-0.1, -0.05) is 34.1 Å². The van der Waals surface area contributed by atoms with Gasteiger partial charge in [-0.25, -0.2) is 4.39 Å². The summed E-state index contributed by atoms with van der Waals surface area (Å²) in [6.07, 6.45) is 1.94. The summed E-state index contributed by atoms with van der Waals surface area (Å²) in [5.41, 5.74) is 1.28. The van der Waals surface area contributed by atoms with E-state index in [-0.39, 0.29) is 17.5 Å². The highest BCUT2D eigenvalue weighted by atomic mass is 79.9. The standard InChI is InChI=1S/C19H20BrFN2O/c1-22(19(24)17-12-14(20)9-10-18(17)21)16-8-5-11-23(13-16)15-6-3-2-4-7-15/h2-4,6-7,9-10,12,16H,5,8,11,13H2,1H3. The number of piperidine rings is 1. The molecule has 0 saturated carbocycles. The number of anilines is 1. The third-order valence-electron chi connectivity index (χ3n) is 4.54. The Kier molecular flexibility index (Phi) is 5.19. The van der Waals surface area contributed by atoms with Crippen LogP contribution >= 0.6 is 15.9 Å². The van der Waals surface area contributed by atoms with Crippen LogP contribution < -0.4 is 4.90 Å². The van der Waals surface area contributed by atoms with Gasteiger partial charge in [-0.3, -0.25) is 4.79 Å². The van der Waals surface area contributed by atoms with Crippen molar-refractivity contribution in [2.24, 2.45) is 0 Å². The van der Waals surface area contributed by atoms with Gasteiger partial charge in [0.15, 0.2) is 0 Å². The molecule has 0 aliphatic carbocycles. The summed E-state index contributed by atoms with van der Waals surface area (Å²) in [7, 11) is 1.77. The van der Waals surface area contributed by atoms with Crippen LogP contribution in [0.15, 0.2) is 53.0 Å². The van der Waals surface area contributed by atoms with Gasteiger partial charge in [-0.05, 0) is 43.2 Å². The van der Waals surface area contributed by atoms with E-state index in [9.17, 15) is 9.18 Å². The molecule has 0 radical (unpaired) electrons. The second-order valence-electron chi connectivity index (χ2n) is 6.12. The summed E-state index contributed by atoms with van der Waals surface area (Å²) in [4.78, 5) is 16.7. The van der Waals surface area contributed by atoms with Crippen LogP contribution in [0.2, 0.25) is 0 Å². The van der Waals surface area contributed by atoms with Gasteiger partial charge in [0.05, 0.1) is 5.56 Å². The van der Waals surface area contributed by atoms with E-state index in [0.29, 0.717) is 4.47 Å². The van der Waals surface area contributed by atoms with Crippen molar-refractivity contribution in [1.29, 1.82) is 0 Å². The minimum Gasteiger partial charge on any atom is -0.369 e. The van der Waals surface area contributed by atoms with Crippen LogP contribution in [0.1, 0.15) is 23.2 Å². The molecule has 1 fully saturated rings. The lowest BCUT2D eigenvalue weighted by atomic mass is 10.0. The molecular formula is C19H20BrFN2O. The summed E-state index contributed by atoms with van der Waals surface area (Å²) in [5.74, 6) is -0.750. The molecule has 1 unspecified atom stereocenters. The Balaban J connectivity index is 1.75. The number of carbonyl (C=O) groups is 1. The molecule has 1 aliphatic rings. The highest BCUT2D eigenvalue weighted by Crippen LogP contribution is 2.24. The number of likely N-dealkylation sites (N-methyl/N-ethyl adjacent to an activating group) is 1. The van der Waals surface area contributed by atoms with Crippen molar-refractivity contribution in [3.8, 4) is 0 Å². The number of halogens is 2. The lowest BCUT2D eigenvalue weighted by molar-refractivity contribution is 0.0712. The largest absolute Gasteiger partial charge is 0.369 e. The van der Waals surface area contributed by atoms with Crippen LogP contribution in [-0.2, 0) is 0 Å². The van der Waals surface area contributed by atoms with E-state index in [4.69, 9.17) is 0 Å². The molecule has 126 valence electrons. The number of hydrogen-bond donors (Lipinski definition) is 0. The predicted molar refractivity (Wildman–Crippen MR) is 97.9 cm³/mol. The molecule has 0 N–H and O–H groups in total. The lowest BCUT2D eigenvalue weighted by Crippen LogP contribution is -2.48. The Labute approximate surface area is 150 Å². The van der Waals surface area contributed by atoms with Crippen LogP contribution in [0.25, 0.3) is 0 Å². The zero-order chi connectivity index (χ0) is 17.1. The number of amides is 1. The first-order valence-electron chi connectivity index (χ1n) is 8.08. The normalized spacial score (nSPS) is 17.6. The van der Waals surface area contributed by atoms with Gasteiger partial charge >= 0.3 is 0 Å². The molecular weight excluding hydrogens is 371 g/mol. The van der Waals surface area contributed by atoms with Crippen LogP contribution in [0, 0.1) is 5.82 Å². The molecule has 24 heavy (non-hydrogen) atoms. The number of para-hydroxylation sites is 1. The van der Waals surface area contributed by atoms with Gasteiger partial charge in [-0.2, -0.15) is 0 Å². The Morgan fingerprint density at radius 3 is 2.75 bits per heavy atom. The van der Waals surface area contributed by atoms with Gasteiger partial charge < -0.3 is 9.80 Å². The van der Waals surface area contributed by atoms with Crippen LogP contribution in [0.5, 0.6) is 0 Å². The first-order valence-corrected chi connectivity index (χ1v) is 8.88. The highest BCUT2D eigenvalue weighted by Gasteiger charge is 2.28. The van der Waals surface area contributed by atoms with Crippen molar-refractivity contribution < 1.29 is 9.18 Å². The predicted octanol–water partition coefficient (Wildman–Crippen LogP) is 4.33. The van der Waals surface area contributed by atoms with E-state index < -0.39 is 5.82 Å². The molecule has 1 atom stereocenters. The minimum atomic E-state index is -0.481. The van der Waals surface area contributed by atoms with Crippen molar-refractivity contribution >= 4 is 27.5 Å². The second kappa shape index (κ2) is 7.34. The molecule has 0 aromatic heterocycles. The van der Waals surface area contributed by atoms with E-state index in [0.717, 1.165) is 31.6 Å². The third-order valence-corrected chi connectivity index (χ3v) is 5.04. The first-order chi connectivity index (χ1) is 11.6. The summed E-state index contributed by atoms with van der Waals surface area (Å²) in [5, 5.41) is 0. The minimum absolute atomic E-state index is 0.0739. The van der Waals surface area contributed by atoms with Crippen LogP contribution in [0.4, 0.5) is 10.1 Å². The Hall–Kier alpha value is -1.88. The fourth-order valence-electron chi connectivity index (χ4n) is 3.16. The van der Waals surface area contributed by atoms with Crippen molar-refractivity contribution in [3.05, 3.63) is 64.4 Å². The molecule has 2 aromatic rings. The van der Waals surface area contributed by atoms with Gasteiger partial charge in [0.25, 0.3) is 5.91 Å². The fraction of sp³-hybridized carbons (Fsp3) is 0.316. The van der Waals surface area contributed by atoms with Gasteiger partial charge in [0, 0.05) is 36.3 Å². The van der Waals surface area contributed by atoms with Gasteiger partial charge in [-0.15, -0.1) is 0 Å². The van der Waals surface area contributed by atoms with Crippen molar-refractivity contribution in [3.63, 3.8) is 0 Å². The molecule has 1 aliphatic heterocycles. The highest BCUT2D eigenvalue weighted by molar-refractivity contribution is 9.10. The van der Waals surface area contributed by atoms with Crippen LogP contribution in [0.3, 0.4) is 0 Å². The maximum absolute atomic E-state index is 14.0. The van der Waals surface area contributed by atoms with Gasteiger partial charge in [0.1, 0.15) is 5.82 Å². The summed E-state index contributed by atoms with van der Waals surface area (Å²) in [6.45, 7) is 1.75. The third kappa shape index (κ3) is 3.61. The number of rotatable bonds is 3. The average Bonchev–Trinajstić information content (AvgIpc) is 2.63. The molecule has 5 heteroatoms. The zero-order valence-electron chi connectivity index (χ0n) is 13.6. The Morgan fingerprint density at radius 1 is 1.25 bits per heavy atom. The average molecular weight is 391 g/mol. The molecule has 1 amide bonds. The second-order valence-corrected chi connectivity index (χ2v) is 7.03. The first kappa shape index (κ1) is 17.0. The smallest absolute Gasteiger partial charge is 0.256 e. The number of nitrogens with zero attached hydrogens (tertiary/aromatic N) is 2. The summed E-state index contributed by atoms with van der Waals surface area (Å²) in [6, 6.07) is 14.7. The maximum Gasteiger partial charge on any atom is 0.256 e. The zero-order valence-corrected chi connectivity index (χ0v) is 15.2. The molecule has 2 aromatic carbocycles. The van der Waals surface area contributed by atoms with E-state index in [1.807, 2.05) is 18.2 Å². The van der Waals surface area contributed by atoms with E-state index in [2.05, 4.69) is 33.0 Å². The number of benzene rings is 2. The monoisotopic (exact) mass is 390 g/mol. The lowest BCUT2D eigenvalue weighted by Gasteiger charge is -2.39. The maximum atomic E-state index is 14.0. The van der Waals surface area contributed by atoms with E-state index in [1.165, 1.54) is 6.07 Å².